The lowest BCUT2D eigenvalue weighted by atomic mass is 9.96. The fourth-order valence-electron chi connectivity index (χ4n) is 4.51. The lowest BCUT2D eigenvalue weighted by Crippen LogP contribution is -2.16. The van der Waals surface area contributed by atoms with Crippen molar-refractivity contribution < 1.29 is 9.90 Å². The molecule has 4 N–H and O–H groups in total. The number of fused-ring (bicyclic) bond motifs is 2. The van der Waals surface area contributed by atoms with Crippen molar-refractivity contribution in [1.29, 1.82) is 0 Å². The summed E-state index contributed by atoms with van der Waals surface area (Å²) in [6, 6.07) is 14.8. The number of para-hydroxylation sites is 1. The van der Waals surface area contributed by atoms with Crippen molar-refractivity contribution in [3.63, 3.8) is 0 Å². The van der Waals surface area contributed by atoms with E-state index in [1.165, 1.54) is 0 Å². The number of phenolic OH excluding ortho intramolecular Hbond substituents is 1. The van der Waals surface area contributed by atoms with Crippen molar-refractivity contribution in [2.45, 2.75) is 39.2 Å². The number of hydrogen-bond acceptors (Lipinski definition) is 5. The summed E-state index contributed by atoms with van der Waals surface area (Å²) in [5.74, 6) is 1.17. The molecule has 2 aromatic carbocycles. The molecule has 0 fully saturated rings. The highest BCUT2D eigenvalue weighted by Crippen LogP contribution is 2.30. The number of aromatic nitrogens is 3. The minimum atomic E-state index is -0.455. The zero-order valence-electron chi connectivity index (χ0n) is 17.9. The van der Waals surface area contributed by atoms with Gasteiger partial charge in [-0.05, 0) is 56.9 Å². The minimum Gasteiger partial charge on any atom is -0.508 e. The number of carbonyl (C=O) groups is 1. The molecule has 7 heteroatoms. The van der Waals surface area contributed by atoms with Crippen molar-refractivity contribution in [1.82, 2.24) is 14.5 Å². The van der Waals surface area contributed by atoms with E-state index in [0.29, 0.717) is 18.1 Å². The number of rotatable bonds is 5. The third kappa shape index (κ3) is 3.45. The average molecular weight is 428 g/mol. The van der Waals surface area contributed by atoms with Gasteiger partial charge in [-0.15, -0.1) is 0 Å². The zero-order valence-corrected chi connectivity index (χ0v) is 17.9. The Morgan fingerprint density at radius 1 is 1.12 bits per heavy atom. The molecule has 0 atom stereocenters. The first kappa shape index (κ1) is 20.1. The van der Waals surface area contributed by atoms with Crippen LogP contribution in [0.1, 0.15) is 45.7 Å². The van der Waals surface area contributed by atoms with Crippen LogP contribution >= 0.6 is 0 Å². The number of nitrogens with two attached hydrogens (primary N) is 1. The van der Waals surface area contributed by atoms with Gasteiger partial charge in [-0.3, -0.25) is 9.36 Å². The highest BCUT2D eigenvalue weighted by atomic mass is 16.3. The first-order chi connectivity index (χ1) is 15.5. The zero-order chi connectivity index (χ0) is 22.2. The van der Waals surface area contributed by atoms with Crippen LogP contribution in [0.2, 0.25) is 0 Å². The number of nitrogens with one attached hydrogen (secondary N) is 1. The SMILES string of the molecule is Cc1cc2c(C(N)=O)cccc2n1-c1nc2c(c(NCc3ccccc3O)n1)CCCC2. The lowest BCUT2D eigenvalue weighted by Gasteiger charge is -2.21. The van der Waals surface area contributed by atoms with Gasteiger partial charge in [0, 0.05) is 34.3 Å². The number of amides is 1. The van der Waals surface area contributed by atoms with Crippen LogP contribution in [-0.2, 0) is 19.4 Å². The molecule has 32 heavy (non-hydrogen) atoms. The van der Waals surface area contributed by atoms with Crippen LogP contribution in [0.25, 0.3) is 16.9 Å². The van der Waals surface area contributed by atoms with E-state index in [0.717, 1.165) is 64.9 Å². The second-order valence-corrected chi connectivity index (χ2v) is 8.21. The number of primary amides is 1. The third-order valence-electron chi connectivity index (χ3n) is 6.10. The highest BCUT2D eigenvalue weighted by Gasteiger charge is 2.21. The van der Waals surface area contributed by atoms with Gasteiger partial charge >= 0.3 is 0 Å². The Morgan fingerprint density at radius 2 is 1.94 bits per heavy atom. The number of hydrogen-bond donors (Lipinski definition) is 3. The maximum absolute atomic E-state index is 11.9. The van der Waals surface area contributed by atoms with Gasteiger partial charge in [0.25, 0.3) is 0 Å². The molecule has 2 heterocycles. The van der Waals surface area contributed by atoms with Crippen molar-refractivity contribution in [3.05, 3.63) is 76.6 Å². The van der Waals surface area contributed by atoms with E-state index in [4.69, 9.17) is 15.7 Å². The smallest absolute Gasteiger partial charge is 0.249 e. The van der Waals surface area contributed by atoms with Gasteiger partial charge in [-0.25, -0.2) is 4.98 Å². The van der Waals surface area contributed by atoms with Gasteiger partial charge in [0.15, 0.2) is 0 Å². The first-order valence-corrected chi connectivity index (χ1v) is 10.8. The Labute approximate surface area is 185 Å². The fraction of sp³-hybridized carbons (Fsp3) is 0.240. The van der Waals surface area contributed by atoms with E-state index in [1.54, 1.807) is 12.1 Å². The van der Waals surface area contributed by atoms with Crippen molar-refractivity contribution in [2.24, 2.45) is 5.73 Å². The summed E-state index contributed by atoms with van der Waals surface area (Å²) in [5.41, 5.74) is 10.9. The van der Waals surface area contributed by atoms with Crippen molar-refractivity contribution >= 4 is 22.6 Å². The quantitative estimate of drug-likeness (QED) is 0.446. The molecule has 1 aliphatic carbocycles. The van der Waals surface area contributed by atoms with Gasteiger partial charge in [0.1, 0.15) is 11.6 Å². The van der Waals surface area contributed by atoms with Crippen LogP contribution in [0.3, 0.4) is 0 Å². The first-order valence-electron chi connectivity index (χ1n) is 10.8. The Kier molecular flexibility index (Phi) is 5.01. The van der Waals surface area contributed by atoms with E-state index in [-0.39, 0.29) is 5.75 Å². The second-order valence-electron chi connectivity index (χ2n) is 8.21. The molecule has 0 bridgehead atoms. The molecule has 0 aliphatic heterocycles. The van der Waals surface area contributed by atoms with Gasteiger partial charge in [0.05, 0.1) is 11.2 Å². The summed E-state index contributed by atoms with van der Waals surface area (Å²) in [5, 5.41) is 14.4. The Balaban J connectivity index is 1.62. The van der Waals surface area contributed by atoms with Crippen LogP contribution in [0, 0.1) is 6.92 Å². The monoisotopic (exact) mass is 427 g/mol. The molecule has 1 amide bonds. The molecule has 162 valence electrons. The summed E-state index contributed by atoms with van der Waals surface area (Å²) in [6.07, 6.45) is 4.03. The molecule has 0 saturated heterocycles. The predicted octanol–water partition coefficient (Wildman–Crippen LogP) is 4.02. The Bertz CT molecular complexity index is 1340. The number of benzene rings is 2. The van der Waals surface area contributed by atoms with Crippen LogP contribution in [0.15, 0.2) is 48.5 Å². The van der Waals surface area contributed by atoms with E-state index in [1.807, 2.05) is 47.9 Å². The summed E-state index contributed by atoms with van der Waals surface area (Å²) >= 11 is 0. The van der Waals surface area contributed by atoms with E-state index in [9.17, 15) is 9.90 Å². The topological polar surface area (TPSA) is 106 Å². The third-order valence-corrected chi connectivity index (χ3v) is 6.10. The average Bonchev–Trinajstić information content (AvgIpc) is 3.13. The highest BCUT2D eigenvalue weighted by molar-refractivity contribution is 6.06. The van der Waals surface area contributed by atoms with Gasteiger partial charge in [-0.2, -0.15) is 4.98 Å². The Morgan fingerprint density at radius 3 is 2.75 bits per heavy atom. The van der Waals surface area contributed by atoms with Gasteiger partial charge in [0.2, 0.25) is 11.9 Å². The molecule has 0 unspecified atom stereocenters. The summed E-state index contributed by atoms with van der Waals surface area (Å²) in [6.45, 7) is 2.44. The van der Waals surface area contributed by atoms with E-state index in [2.05, 4.69) is 5.32 Å². The normalized spacial score (nSPS) is 13.2. The summed E-state index contributed by atoms with van der Waals surface area (Å²) in [7, 11) is 0. The summed E-state index contributed by atoms with van der Waals surface area (Å²) < 4.78 is 1.97. The van der Waals surface area contributed by atoms with E-state index < -0.39 is 5.91 Å². The lowest BCUT2D eigenvalue weighted by molar-refractivity contribution is 0.100. The molecule has 2 aromatic heterocycles. The number of anilines is 1. The van der Waals surface area contributed by atoms with Crippen LogP contribution in [0.5, 0.6) is 5.75 Å². The maximum atomic E-state index is 11.9. The minimum absolute atomic E-state index is 0.259. The number of phenols is 1. The van der Waals surface area contributed by atoms with Crippen LogP contribution < -0.4 is 11.1 Å². The molecule has 7 nitrogen and oxygen atoms in total. The van der Waals surface area contributed by atoms with Gasteiger partial charge < -0.3 is 16.2 Å². The van der Waals surface area contributed by atoms with Gasteiger partial charge in [-0.1, -0.05) is 24.3 Å². The predicted molar refractivity (Wildman–Crippen MR) is 124 cm³/mol. The molecule has 1 aliphatic rings. The number of aromatic hydroxyl groups is 1. The molecular weight excluding hydrogens is 402 g/mol. The van der Waals surface area contributed by atoms with Crippen molar-refractivity contribution in [3.8, 4) is 11.7 Å². The standard InChI is InChI=1S/C25H25N5O2/c1-15-13-19-17(23(26)32)9-6-11-21(19)30(15)25-28-20-10-4-3-8-18(20)24(29-25)27-14-16-7-2-5-12-22(16)31/h2,5-7,9,11-13,31H,3-4,8,10,14H2,1H3,(H2,26,32)(H,27,28,29). The van der Waals surface area contributed by atoms with Crippen LogP contribution in [-0.4, -0.2) is 25.5 Å². The maximum Gasteiger partial charge on any atom is 0.249 e. The molecule has 0 spiro atoms. The van der Waals surface area contributed by atoms with E-state index >= 15 is 0 Å². The second kappa shape index (κ2) is 8.00. The summed E-state index contributed by atoms with van der Waals surface area (Å²) in [4.78, 5) is 21.7. The largest absolute Gasteiger partial charge is 0.508 e. The fourth-order valence-corrected chi connectivity index (χ4v) is 4.51. The molecular formula is C25H25N5O2. The molecule has 0 saturated carbocycles. The Hall–Kier alpha value is -3.87. The van der Waals surface area contributed by atoms with Crippen LogP contribution in [0.4, 0.5) is 5.82 Å². The number of aryl methyl sites for hydroxylation is 2. The molecule has 4 aromatic rings. The number of nitrogens with zero attached hydrogens (tertiary/aromatic N) is 3. The molecule has 0 radical (unpaired) electrons. The molecule has 5 rings (SSSR count). The number of carbonyl (C=O) groups excluding carboxylic acids is 1. The van der Waals surface area contributed by atoms with Crippen molar-refractivity contribution in [2.75, 3.05) is 5.32 Å².